The monoisotopic (exact) mass is 312 g/mol. The van der Waals surface area contributed by atoms with Crippen LogP contribution < -0.4 is 15.4 Å². The summed E-state index contributed by atoms with van der Waals surface area (Å²) >= 11 is 0. The SMILES string of the molecule is CCOc1cc(C)ccc1NC(=O)CCC1CCCN1.Cl. The van der Waals surface area contributed by atoms with Crippen LogP contribution in [-0.4, -0.2) is 25.1 Å². The van der Waals surface area contributed by atoms with Crippen molar-refractivity contribution in [2.45, 2.75) is 45.6 Å². The van der Waals surface area contributed by atoms with Gasteiger partial charge in [0.25, 0.3) is 0 Å². The average molecular weight is 313 g/mol. The highest BCUT2D eigenvalue weighted by molar-refractivity contribution is 5.92. The lowest BCUT2D eigenvalue weighted by atomic mass is 10.1. The molecule has 1 aromatic rings. The molecule has 1 unspecified atom stereocenters. The second-order valence-electron chi connectivity index (χ2n) is 5.31. The standard InChI is InChI=1S/C16H24N2O2.ClH/c1-3-20-15-11-12(2)6-8-14(15)18-16(19)9-7-13-5-4-10-17-13;/h6,8,11,13,17H,3-5,7,9-10H2,1-2H3,(H,18,19);1H. The number of aryl methyl sites for hydroxylation is 1. The molecule has 0 aromatic heterocycles. The van der Waals surface area contributed by atoms with E-state index in [0.717, 1.165) is 30.0 Å². The highest BCUT2D eigenvalue weighted by Gasteiger charge is 2.16. The van der Waals surface area contributed by atoms with Crippen LogP contribution in [-0.2, 0) is 4.79 Å². The van der Waals surface area contributed by atoms with Crippen LogP contribution in [0.3, 0.4) is 0 Å². The van der Waals surface area contributed by atoms with Crippen molar-refractivity contribution in [3.8, 4) is 5.75 Å². The Hall–Kier alpha value is -1.26. The van der Waals surface area contributed by atoms with Gasteiger partial charge in [0.05, 0.1) is 12.3 Å². The van der Waals surface area contributed by atoms with Crippen LogP contribution in [0.1, 0.15) is 38.2 Å². The van der Waals surface area contributed by atoms with Gasteiger partial charge in [-0.2, -0.15) is 0 Å². The molecular formula is C16H25ClN2O2. The van der Waals surface area contributed by atoms with E-state index in [-0.39, 0.29) is 18.3 Å². The summed E-state index contributed by atoms with van der Waals surface area (Å²) in [5, 5.41) is 6.37. The van der Waals surface area contributed by atoms with E-state index >= 15 is 0 Å². The molecule has 5 heteroatoms. The number of nitrogens with one attached hydrogen (secondary N) is 2. The lowest BCUT2D eigenvalue weighted by Gasteiger charge is -2.13. The van der Waals surface area contributed by atoms with Crippen LogP contribution in [0.4, 0.5) is 5.69 Å². The first-order valence-corrected chi connectivity index (χ1v) is 7.45. The van der Waals surface area contributed by atoms with E-state index < -0.39 is 0 Å². The zero-order valence-electron chi connectivity index (χ0n) is 12.8. The Labute approximate surface area is 133 Å². The Bertz CT molecular complexity index is 460. The molecule has 2 rings (SSSR count). The third kappa shape index (κ3) is 5.56. The summed E-state index contributed by atoms with van der Waals surface area (Å²) in [5.74, 6) is 0.809. The highest BCUT2D eigenvalue weighted by atomic mass is 35.5. The fourth-order valence-corrected chi connectivity index (χ4v) is 2.53. The number of anilines is 1. The fraction of sp³-hybridized carbons (Fsp3) is 0.562. The number of rotatable bonds is 6. The molecule has 118 valence electrons. The average Bonchev–Trinajstić information content (AvgIpc) is 2.93. The summed E-state index contributed by atoms with van der Waals surface area (Å²) in [6, 6.07) is 6.35. The zero-order chi connectivity index (χ0) is 14.4. The normalized spacial score (nSPS) is 17.1. The van der Waals surface area contributed by atoms with E-state index in [1.807, 2.05) is 32.0 Å². The maximum atomic E-state index is 12.0. The van der Waals surface area contributed by atoms with E-state index in [4.69, 9.17) is 4.74 Å². The Kier molecular flexibility index (Phi) is 7.54. The summed E-state index contributed by atoms with van der Waals surface area (Å²) in [4.78, 5) is 12.0. The first-order chi connectivity index (χ1) is 9.69. The van der Waals surface area contributed by atoms with Gasteiger partial charge in [0.15, 0.2) is 0 Å². The molecule has 1 fully saturated rings. The lowest BCUT2D eigenvalue weighted by molar-refractivity contribution is -0.116. The van der Waals surface area contributed by atoms with Crippen molar-refractivity contribution in [2.24, 2.45) is 0 Å². The first-order valence-electron chi connectivity index (χ1n) is 7.45. The molecule has 0 bridgehead atoms. The predicted octanol–water partition coefficient (Wildman–Crippen LogP) is 3.29. The van der Waals surface area contributed by atoms with Gasteiger partial charge in [-0.3, -0.25) is 4.79 Å². The highest BCUT2D eigenvalue weighted by Crippen LogP contribution is 2.26. The van der Waals surface area contributed by atoms with Gasteiger partial charge < -0.3 is 15.4 Å². The summed E-state index contributed by atoms with van der Waals surface area (Å²) in [7, 11) is 0. The number of amides is 1. The number of hydrogen-bond acceptors (Lipinski definition) is 3. The molecule has 0 radical (unpaired) electrons. The molecule has 0 aliphatic carbocycles. The number of carbonyl (C=O) groups is 1. The number of ether oxygens (including phenoxy) is 1. The Morgan fingerprint density at radius 1 is 1.48 bits per heavy atom. The van der Waals surface area contributed by atoms with Gasteiger partial charge in [0.1, 0.15) is 5.75 Å². The van der Waals surface area contributed by atoms with Gasteiger partial charge in [0.2, 0.25) is 5.91 Å². The van der Waals surface area contributed by atoms with Crippen LogP contribution in [0.15, 0.2) is 18.2 Å². The Morgan fingerprint density at radius 2 is 2.29 bits per heavy atom. The molecule has 1 aromatic carbocycles. The number of benzene rings is 1. The van der Waals surface area contributed by atoms with E-state index in [2.05, 4.69) is 10.6 Å². The quantitative estimate of drug-likeness (QED) is 0.847. The van der Waals surface area contributed by atoms with Crippen LogP contribution in [0.5, 0.6) is 5.75 Å². The van der Waals surface area contributed by atoms with Crippen molar-refractivity contribution < 1.29 is 9.53 Å². The topological polar surface area (TPSA) is 50.4 Å². The van der Waals surface area contributed by atoms with E-state index in [9.17, 15) is 4.79 Å². The van der Waals surface area contributed by atoms with E-state index in [1.165, 1.54) is 12.8 Å². The van der Waals surface area contributed by atoms with E-state index in [1.54, 1.807) is 0 Å². The predicted molar refractivity (Wildman–Crippen MR) is 88.5 cm³/mol. The van der Waals surface area contributed by atoms with Gasteiger partial charge in [-0.1, -0.05) is 6.07 Å². The molecule has 21 heavy (non-hydrogen) atoms. The molecule has 4 nitrogen and oxygen atoms in total. The maximum absolute atomic E-state index is 12.0. The second-order valence-corrected chi connectivity index (χ2v) is 5.31. The largest absolute Gasteiger partial charge is 0.492 e. The Morgan fingerprint density at radius 3 is 2.95 bits per heavy atom. The third-order valence-corrected chi connectivity index (χ3v) is 3.59. The van der Waals surface area contributed by atoms with Crippen LogP contribution in [0, 0.1) is 6.92 Å². The van der Waals surface area contributed by atoms with Crippen molar-refractivity contribution in [3.63, 3.8) is 0 Å². The van der Waals surface area contributed by atoms with Gasteiger partial charge in [-0.25, -0.2) is 0 Å². The molecular weight excluding hydrogens is 288 g/mol. The van der Waals surface area contributed by atoms with Crippen LogP contribution in [0.25, 0.3) is 0 Å². The molecule has 1 saturated heterocycles. The molecule has 0 saturated carbocycles. The summed E-state index contributed by atoms with van der Waals surface area (Å²) in [5.41, 5.74) is 1.89. The molecule has 2 N–H and O–H groups in total. The van der Waals surface area contributed by atoms with Gasteiger partial charge in [-0.15, -0.1) is 12.4 Å². The zero-order valence-corrected chi connectivity index (χ0v) is 13.6. The first kappa shape index (κ1) is 17.8. The fourth-order valence-electron chi connectivity index (χ4n) is 2.53. The molecule has 0 spiro atoms. The van der Waals surface area contributed by atoms with Crippen molar-refractivity contribution in [3.05, 3.63) is 23.8 Å². The van der Waals surface area contributed by atoms with Crippen molar-refractivity contribution in [2.75, 3.05) is 18.5 Å². The van der Waals surface area contributed by atoms with Crippen molar-refractivity contribution in [1.29, 1.82) is 0 Å². The number of halogens is 1. The summed E-state index contributed by atoms with van der Waals surface area (Å²) in [6.45, 7) is 5.64. The second kappa shape index (κ2) is 8.90. The van der Waals surface area contributed by atoms with Gasteiger partial charge in [-0.05, 0) is 57.4 Å². The van der Waals surface area contributed by atoms with Gasteiger partial charge >= 0.3 is 0 Å². The van der Waals surface area contributed by atoms with Crippen molar-refractivity contribution >= 4 is 24.0 Å². The molecule has 1 aliphatic heterocycles. The number of hydrogen-bond donors (Lipinski definition) is 2. The van der Waals surface area contributed by atoms with Gasteiger partial charge in [0, 0.05) is 12.5 Å². The molecule has 1 atom stereocenters. The summed E-state index contributed by atoms with van der Waals surface area (Å²) < 4.78 is 5.57. The molecule has 1 heterocycles. The minimum absolute atomic E-state index is 0. The maximum Gasteiger partial charge on any atom is 0.224 e. The minimum atomic E-state index is 0. The van der Waals surface area contributed by atoms with E-state index in [0.29, 0.717) is 19.1 Å². The number of carbonyl (C=O) groups excluding carboxylic acids is 1. The van der Waals surface area contributed by atoms with Crippen molar-refractivity contribution in [1.82, 2.24) is 5.32 Å². The van der Waals surface area contributed by atoms with Crippen LogP contribution in [0.2, 0.25) is 0 Å². The molecule has 1 aliphatic rings. The lowest BCUT2D eigenvalue weighted by Crippen LogP contribution is -2.23. The third-order valence-electron chi connectivity index (χ3n) is 3.59. The smallest absolute Gasteiger partial charge is 0.224 e. The molecule has 1 amide bonds. The Balaban J connectivity index is 0.00000220. The summed E-state index contributed by atoms with van der Waals surface area (Å²) in [6.07, 6.45) is 3.86. The minimum Gasteiger partial charge on any atom is -0.492 e. The van der Waals surface area contributed by atoms with Crippen LogP contribution >= 0.6 is 12.4 Å².